The smallest absolute Gasteiger partial charge is 0.00691 e. The highest BCUT2D eigenvalue weighted by Gasteiger charge is 2.16. The van der Waals surface area contributed by atoms with Crippen LogP contribution in [0, 0.1) is 13.8 Å². The molecule has 0 fully saturated rings. The molecular formula is C48H34. The van der Waals surface area contributed by atoms with Crippen LogP contribution in [0.3, 0.4) is 0 Å². The molecule has 0 radical (unpaired) electrons. The maximum atomic E-state index is 2.40. The molecule has 226 valence electrons. The Balaban J connectivity index is 1.18. The van der Waals surface area contributed by atoms with E-state index in [0.29, 0.717) is 0 Å². The van der Waals surface area contributed by atoms with Crippen molar-refractivity contribution in [3.63, 3.8) is 0 Å². The monoisotopic (exact) mass is 610 g/mol. The van der Waals surface area contributed by atoms with Gasteiger partial charge < -0.3 is 0 Å². The fourth-order valence-corrected chi connectivity index (χ4v) is 7.53. The lowest BCUT2D eigenvalue weighted by Gasteiger charge is -2.18. The predicted molar refractivity (Wildman–Crippen MR) is 208 cm³/mol. The second-order valence-corrected chi connectivity index (χ2v) is 13.1. The van der Waals surface area contributed by atoms with Gasteiger partial charge in [0.1, 0.15) is 0 Å². The zero-order valence-electron chi connectivity index (χ0n) is 27.2. The zero-order chi connectivity index (χ0) is 32.2. The number of hydrogen-bond acceptors (Lipinski definition) is 0. The van der Waals surface area contributed by atoms with Crippen molar-refractivity contribution < 1.29 is 0 Å². The van der Waals surface area contributed by atoms with Gasteiger partial charge in [0, 0.05) is 0 Å². The third kappa shape index (κ3) is 4.86. The van der Waals surface area contributed by atoms with E-state index in [9.17, 15) is 0 Å². The summed E-state index contributed by atoms with van der Waals surface area (Å²) >= 11 is 0. The summed E-state index contributed by atoms with van der Waals surface area (Å²) < 4.78 is 0. The molecule has 9 aromatic rings. The van der Waals surface area contributed by atoms with E-state index in [2.05, 4.69) is 184 Å². The maximum absolute atomic E-state index is 2.40. The first-order valence-electron chi connectivity index (χ1n) is 16.7. The summed E-state index contributed by atoms with van der Waals surface area (Å²) in [4.78, 5) is 0. The predicted octanol–water partition coefficient (Wildman–Crippen LogP) is 13.6. The van der Waals surface area contributed by atoms with Crippen molar-refractivity contribution in [2.24, 2.45) is 0 Å². The van der Waals surface area contributed by atoms with Crippen molar-refractivity contribution in [1.82, 2.24) is 0 Å². The van der Waals surface area contributed by atoms with Crippen molar-refractivity contribution >= 4 is 43.1 Å². The Morgan fingerprint density at radius 2 is 0.792 bits per heavy atom. The summed E-state index contributed by atoms with van der Waals surface area (Å²) in [6.07, 6.45) is 0. The Hall–Kier alpha value is -5.98. The molecule has 0 atom stereocenters. The number of hydrogen-bond donors (Lipinski definition) is 0. The second-order valence-electron chi connectivity index (χ2n) is 13.1. The lowest BCUT2D eigenvalue weighted by atomic mass is 9.86. The van der Waals surface area contributed by atoms with E-state index in [4.69, 9.17) is 0 Å². The molecular weight excluding hydrogens is 577 g/mol. The molecule has 48 heavy (non-hydrogen) atoms. The SMILES string of the molecule is Cc1ccc(-c2ccc3cc(-c4ccc5ccccc5c4)ccc3c2)cc1-c1cc(-c2ccccc2)cc2c1c(C)cc1ccccc12. The van der Waals surface area contributed by atoms with E-state index in [1.54, 1.807) is 0 Å². The van der Waals surface area contributed by atoms with Crippen LogP contribution in [0.2, 0.25) is 0 Å². The molecule has 0 N–H and O–H groups in total. The van der Waals surface area contributed by atoms with Gasteiger partial charge in [0.15, 0.2) is 0 Å². The number of rotatable bonds is 4. The van der Waals surface area contributed by atoms with Gasteiger partial charge in [-0.3, -0.25) is 0 Å². The molecule has 0 spiro atoms. The Morgan fingerprint density at radius 1 is 0.271 bits per heavy atom. The van der Waals surface area contributed by atoms with Crippen LogP contribution in [0.25, 0.3) is 87.6 Å². The minimum absolute atomic E-state index is 1.23. The van der Waals surface area contributed by atoms with E-state index in [1.807, 2.05) is 0 Å². The molecule has 0 aromatic heterocycles. The molecule has 0 heteroatoms. The first kappa shape index (κ1) is 28.3. The zero-order valence-corrected chi connectivity index (χ0v) is 27.2. The molecule has 9 aromatic carbocycles. The summed E-state index contributed by atoms with van der Waals surface area (Å²) in [6, 6.07) is 62.7. The molecule has 0 aliphatic heterocycles. The molecule has 0 saturated heterocycles. The molecule has 0 saturated carbocycles. The van der Waals surface area contributed by atoms with Crippen LogP contribution >= 0.6 is 0 Å². The van der Waals surface area contributed by atoms with Gasteiger partial charge >= 0.3 is 0 Å². The third-order valence-corrected chi connectivity index (χ3v) is 10.0. The van der Waals surface area contributed by atoms with E-state index < -0.39 is 0 Å². The number of aryl methyl sites for hydroxylation is 2. The summed E-state index contributed by atoms with van der Waals surface area (Å²) in [6.45, 7) is 4.50. The fourth-order valence-electron chi connectivity index (χ4n) is 7.53. The summed E-state index contributed by atoms with van der Waals surface area (Å²) in [5, 5.41) is 10.2. The van der Waals surface area contributed by atoms with E-state index in [0.717, 1.165) is 0 Å². The molecule has 0 heterocycles. The summed E-state index contributed by atoms with van der Waals surface area (Å²) in [7, 11) is 0. The van der Waals surface area contributed by atoms with Crippen LogP contribution in [0.4, 0.5) is 0 Å². The standard InChI is InChI=1S/C48H34/c1-31-16-17-41(40-23-22-38-26-37(20-21-39(38)27-40)36-19-18-34-12-6-7-13-35(34)25-36)28-45(31)47-30-43(33-10-4-3-5-11-33)29-46-44-15-9-8-14-42(44)24-32(2)48(46)47/h3-30H,1-2H3. The Bertz CT molecular complexity index is 2680. The normalized spacial score (nSPS) is 11.5. The fraction of sp³-hybridized carbons (Fsp3) is 0.0417. The van der Waals surface area contributed by atoms with Crippen LogP contribution < -0.4 is 0 Å². The second kappa shape index (κ2) is 11.4. The van der Waals surface area contributed by atoms with Crippen molar-refractivity contribution in [1.29, 1.82) is 0 Å². The molecule has 0 bridgehead atoms. The van der Waals surface area contributed by atoms with Gasteiger partial charge in [-0.25, -0.2) is 0 Å². The number of benzene rings is 9. The van der Waals surface area contributed by atoms with Crippen LogP contribution in [0.15, 0.2) is 170 Å². The van der Waals surface area contributed by atoms with Crippen molar-refractivity contribution in [3.05, 3.63) is 181 Å². The van der Waals surface area contributed by atoms with Crippen molar-refractivity contribution in [2.45, 2.75) is 13.8 Å². The van der Waals surface area contributed by atoms with E-state index >= 15 is 0 Å². The van der Waals surface area contributed by atoms with E-state index in [1.165, 1.54) is 98.7 Å². The molecule has 0 amide bonds. The van der Waals surface area contributed by atoms with Crippen LogP contribution in [-0.2, 0) is 0 Å². The molecule has 0 aliphatic carbocycles. The average molecular weight is 611 g/mol. The quantitative estimate of drug-likeness (QED) is 0.174. The van der Waals surface area contributed by atoms with Gasteiger partial charge in [-0.2, -0.15) is 0 Å². The van der Waals surface area contributed by atoms with Gasteiger partial charge in [0.05, 0.1) is 0 Å². The van der Waals surface area contributed by atoms with Crippen LogP contribution in [0.5, 0.6) is 0 Å². The Labute approximate surface area is 281 Å². The highest BCUT2D eigenvalue weighted by Crippen LogP contribution is 2.42. The molecule has 0 nitrogen and oxygen atoms in total. The molecule has 9 rings (SSSR count). The summed E-state index contributed by atoms with van der Waals surface area (Å²) in [5.41, 5.74) is 12.6. The summed E-state index contributed by atoms with van der Waals surface area (Å²) in [5.74, 6) is 0. The third-order valence-electron chi connectivity index (χ3n) is 10.0. The highest BCUT2D eigenvalue weighted by atomic mass is 14.2. The largest absolute Gasteiger partial charge is 0.0622 e. The lowest BCUT2D eigenvalue weighted by molar-refractivity contribution is 1.46. The average Bonchev–Trinajstić information content (AvgIpc) is 3.14. The first-order chi connectivity index (χ1) is 23.6. The van der Waals surface area contributed by atoms with E-state index in [-0.39, 0.29) is 0 Å². The molecule has 0 unspecified atom stereocenters. The number of fused-ring (bicyclic) bond motifs is 5. The Kier molecular flexibility index (Phi) is 6.69. The van der Waals surface area contributed by atoms with Crippen molar-refractivity contribution in [3.8, 4) is 44.5 Å². The van der Waals surface area contributed by atoms with Gasteiger partial charge in [-0.15, -0.1) is 0 Å². The minimum Gasteiger partial charge on any atom is -0.0622 e. The van der Waals surface area contributed by atoms with Crippen molar-refractivity contribution in [2.75, 3.05) is 0 Å². The topological polar surface area (TPSA) is 0 Å². The van der Waals surface area contributed by atoms with Gasteiger partial charge in [-0.05, 0) is 149 Å². The first-order valence-corrected chi connectivity index (χ1v) is 16.7. The molecule has 0 aliphatic rings. The van der Waals surface area contributed by atoms with Gasteiger partial charge in [-0.1, -0.05) is 133 Å². The van der Waals surface area contributed by atoms with Crippen LogP contribution in [-0.4, -0.2) is 0 Å². The Morgan fingerprint density at radius 3 is 1.50 bits per heavy atom. The lowest BCUT2D eigenvalue weighted by Crippen LogP contribution is -1.92. The minimum atomic E-state index is 1.23. The van der Waals surface area contributed by atoms with Gasteiger partial charge in [0.25, 0.3) is 0 Å². The van der Waals surface area contributed by atoms with Crippen LogP contribution in [0.1, 0.15) is 11.1 Å². The van der Waals surface area contributed by atoms with Gasteiger partial charge in [0.2, 0.25) is 0 Å². The highest BCUT2D eigenvalue weighted by molar-refractivity contribution is 6.15. The maximum Gasteiger partial charge on any atom is -0.00691 e.